The molecule has 43 heavy (non-hydrogen) atoms. The van der Waals surface area contributed by atoms with Gasteiger partial charge in [-0.25, -0.2) is 9.78 Å². The summed E-state index contributed by atoms with van der Waals surface area (Å²) in [6.45, 7) is 6.40. The quantitative estimate of drug-likeness (QED) is 0.0797. The number of para-hydroxylation sites is 1. The van der Waals surface area contributed by atoms with Crippen molar-refractivity contribution in [2.75, 3.05) is 24.3 Å². The topological polar surface area (TPSA) is 104 Å². The Labute approximate surface area is 261 Å². The summed E-state index contributed by atoms with van der Waals surface area (Å²) in [5.74, 6) is -0.0138. The van der Waals surface area contributed by atoms with Crippen molar-refractivity contribution in [1.29, 1.82) is 0 Å². The predicted octanol–water partition coefficient (Wildman–Crippen LogP) is 6.58. The number of anilines is 1. The zero-order chi connectivity index (χ0) is 30.5. The molecule has 9 nitrogen and oxygen atoms in total. The maximum Gasteiger partial charge on any atom is 0.338 e. The monoisotopic (exact) mass is 632 g/mol. The number of amides is 1. The summed E-state index contributed by atoms with van der Waals surface area (Å²) in [7, 11) is 0. The fourth-order valence-electron chi connectivity index (χ4n) is 4.38. The van der Waals surface area contributed by atoms with E-state index in [9.17, 15) is 14.4 Å². The number of carbonyl (C=O) groups excluding carboxylic acids is 2. The summed E-state index contributed by atoms with van der Waals surface area (Å²) in [4.78, 5) is 43.8. The number of nitrogens with one attached hydrogen (secondary N) is 1. The van der Waals surface area contributed by atoms with Gasteiger partial charge < -0.3 is 14.8 Å². The first-order valence-electron chi connectivity index (χ1n) is 13.5. The largest absolute Gasteiger partial charge is 0.494 e. The van der Waals surface area contributed by atoms with Crippen molar-refractivity contribution < 1.29 is 19.1 Å². The Morgan fingerprint density at radius 3 is 2.37 bits per heavy atom. The number of hydrogen-bond donors (Lipinski definition) is 1. The molecule has 0 spiro atoms. The minimum absolute atomic E-state index is 0.0165. The van der Waals surface area contributed by atoms with Gasteiger partial charge in [-0.15, -0.1) is 0 Å². The van der Waals surface area contributed by atoms with E-state index in [4.69, 9.17) is 26.7 Å². The van der Waals surface area contributed by atoms with Crippen molar-refractivity contribution in [1.82, 2.24) is 14.1 Å². The van der Waals surface area contributed by atoms with Gasteiger partial charge in [-0.2, -0.15) is 0 Å². The number of aromatic nitrogens is 3. The van der Waals surface area contributed by atoms with Crippen LogP contribution in [0, 0.1) is 10.9 Å². The van der Waals surface area contributed by atoms with E-state index in [0.717, 1.165) is 28.8 Å². The average molecular weight is 633 g/mol. The van der Waals surface area contributed by atoms with Crippen molar-refractivity contribution >= 4 is 63.2 Å². The van der Waals surface area contributed by atoms with Gasteiger partial charge in [-0.3, -0.25) is 18.7 Å². The molecule has 0 saturated heterocycles. The number of ether oxygens (including phenoxy) is 2. The molecule has 0 unspecified atom stereocenters. The maximum atomic E-state index is 14.0. The molecule has 0 fully saturated rings. The molecule has 0 aliphatic heterocycles. The summed E-state index contributed by atoms with van der Waals surface area (Å²) in [5, 5.41) is 3.18. The van der Waals surface area contributed by atoms with Crippen molar-refractivity contribution in [2.45, 2.75) is 25.9 Å². The first-order chi connectivity index (χ1) is 20.8. The summed E-state index contributed by atoms with van der Waals surface area (Å²) in [6.07, 6.45) is 0. The van der Waals surface area contributed by atoms with E-state index in [2.05, 4.69) is 5.32 Å². The Kier molecular flexibility index (Phi) is 9.39. The fraction of sp³-hybridized carbons (Fsp3) is 0.194. The summed E-state index contributed by atoms with van der Waals surface area (Å²) < 4.78 is 14.8. The number of esters is 1. The molecule has 1 N–H and O–H groups in total. The molecule has 0 atom stereocenters. The van der Waals surface area contributed by atoms with Crippen LogP contribution in [0.15, 0.2) is 82.7 Å². The molecule has 0 aliphatic rings. The zero-order valence-electron chi connectivity index (χ0n) is 23.7. The highest BCUT2D eigenvalue weighted by Gasteiger charge is 2.21. The van der Waals surface area contributed by atoms with Crippen LogP contribution in [0.25, 0.3) is 21.7 Å². The molecule has 0 radical (unpaired) electrons. The molecular weight excluding hydrogens is 605 g/mol. The third kappa shape index (κ3) is 6.56. The predicted molar refractivity (Wildman–Crippen MR) is 173 cm³/mol. The van der Waals surface area contributed by atoms with Gasteiger partial charge in [0.1, 0.15) is 10.4 Å². The summed E-state index contributed by atoms with van der Waals surface area (Å²) in [6, 6.07) is 21.4. The first kappa shape index (κ1) is 30.2. The molecule has 220 valence electrons. The number of thioether (sulfide) groups is 1. The molecule has 0 saturated carbocycles. The number of aryl methyl sites for hydroxylation is 1. The minimum Gasteiger partial charge on any atom is -0.494 e. The minimum atomic E-state index is -0.426. The Morgan fingerprint density at radius 2 is 1.70 bits per heavy atom. The molecule has 3 aromatic carbocycles. The van der Waals surface area contributed by atoms with Gasteiger partial charge in [-0.05, 0) is 93.1 Å². The summed E-state index contributed by atoms with van der Waals surface area (Å²) in [5.41, 5.74) is 3.38. The smallest absolute Gasteiger partial charge is 0.338 e. The highest BCUT2D eigenvalue weighted by Crippen LogP contribution is 2.29. The van der Waals surface area contributed by atoms with E-state index in [-0.39, 0.29) is 23.8 Å². The SMILES string of the molecule is CCOC(=O)c1ccc(NC(=O)CSc2nc3c(sc(=S)n3-c3ccc(OCC)cc3)c(=O)n2-c2ccccc2C)cc1. The third-order valence-electron chi connectivity index (χ3n) is 6.35. The number of carbonyl (C=O) groups is 2. The van der Waals surface area contributed by atoms with Gasteiger partial charge in [-0.1, -0.05) is 41.3 Å². The fourth-order valence-corrected chi connectivity index (χ4v) is 6.48. The molecule has 1 amide bonds. The number of nitrogens with zero attached hydrogens (tertiary/aromatic N) is 3. The van der Waals surface area contributed by atoms with Crippen LogP contribution in [0.4, 0.5) is 5.69 Å². The lowest BCUT2D eigenvalue weighted by Crippen LogP contribution is -2.23. The van der Waals surface area contributed by atoms with Crippen LogP contribution >= 0.6 is 35.3 Å². The number of thiazole rings is 1. The average Bonchev–Trinajstić information content (AvgIpc) is 3.34. The van der Waals surface area contributed by atoms with E-state index < -0.39 is 5.97 Å². The van der Waals surface area contributed by atoms with Crippen LogP contribution in [0.3, 0.4) is 0 Å². The molecule has 5 aromatic rings. The van der Waals surface area contributed by atoms with Gasteiger partial charge in [0.15, 0.2) is 14.8 Å². The zero-order valence-corrected chi connectivity index (χ0v) is 26.1. The van der Waals surface area contributed by atoms with Crippen LogP contribution in [0.2, 0.25) is 0 Å². The van der Waals surface area contributed by atoms with E-state index in [1.165, 1.54) is 15.9 Å². The Hall–Kier alpha value is -4.26. The second kappa shape index (κ2) is 13.4. The lowest BCUT2D eigenvalue weighted by atomic mass is 10.2. The number of benzene rings is 3. The van der Waals surface area contributed by atoms with Crippen molar-refractivity contribution in [3.8, 4) is 17.1 Å². The van der Waals surface area contributed by atoms with E-state index in [0.29, 0.717) is 43.0 Å². The maximum absolute atomic E-state index is 14.0. The van der Waals surface area contributed by atoms with Gasteiger partial charge in [0, 0.05) is 11.4 Å². The van der Waals surface area contributed by atoms with E-state index >= 15 is 0 Å². The summed E-state index contributed by atoms with van der Waals surface area (Å²) >= 11 is 8.04. The van der Waals surface area contributed by atoms with E-state index in [1.807, 2.05) is 62.4 Å². The van der Waals surface area contributed by atoms with Crippen molar-refractivity contribution in [2.24, 2.45) is 0 Å². The molecule has 0 aliphatic carbocycles. The van der Waals surface area contributed by atoms with Gasteiger partial charge >= 0.3 is 5.97 Å². The molecule has 0 bridgehead atoms. The molecule has 2 heterocycles. The van der Waals surface area contributed by atoms with Crippen molar-refractivity contribution in [3.05, 3.63) is 98.2 Å². The van der Waals surface area contributed by atoms with Crippen LogP contribution in [-0.2, 0) is 9.53 Å². The van der Waals surface area contributed by atoms with E-state index in [1.54, 1.807) is 35.8 Å². The lowest BCUT2D eigenvalue weighted by molar-refractivity contribution is -0.113. The van der Waals surface area contributed by atoms with Gasteiger partial charge in [0.2, 0.25) is 5.91 Å². The third-order valence-corrected chi connectivity index (χ3v) is 8.64. The highest BCUT2D eigenvalue weighted by molar-refractivity contribution is 7.99. The second-order valence-electron chi connectivity index (χ2n) is 9.24. The Morgan fingerprint density at radius 1 is 0.977 bits per heavy atom. The number of rotatable bonds is 10. The molecule has 5 rings (SSSR count). The standard InChI is InChI=1S/C31H28N4O5S3/c1-4-39-23-16-14-22(15-17-23)34-27-26(43-31(34)41)28(37)35(24-9-7-6-8-19(24)3)30(33-27)42-18-25(36)32-21-12-10-20(11-13-21)29(38)40-5-2/h6-17H,4-5,18H2,1-3H3,(H,32,36). The van der Waals surface area contributed by atoms with Gasteiger partial charge in [0.05, 0.1) is 30.2 Å². The van der Waals surface area contributed by atoms with Crippen LogP contribution in [0.5, 0.6) is 5.75 Å². The normalized spacial score (nSPS) is 11.0. The molecular formula is C31H28N4O5S3. The lowest BCUT2D eigenvalue weighted by Gasteiger charge is -2.15. The van der Waals surface area contributed by atoms with Crippen LogP contribution < -0.4 is 15.6 Å². The first-order valence-corrected chi connectivity index (χ1v) is 15.7. The molecule has 2 aromatic heterocycles. The van der Waals surface area contributed by atoms with Crippen LogP contribution in [-0.4, -0.2) is 45.0 Å². The Bertz CT molecular complexity index is 1910. The molecule has 12 heteroatoms. The second-order valence-corrected chi connectivity index (χ2v) is 11.8. The Balaban J connectivity index is 1.50. The highest BCUT2D eigenvalue weighted by atomic mass is 32.2. The van der Waals surface area contributed by atoms with Gasteiger partial charge in [0.25, 0.3) is 5.56 Å². The van der Waals surface area contributed by atoms with Crippen molar-refractivity contribution in [3.63, 3.8) is 0 Å². The van der Waals surface area contributed by atoms with Crippen LogP contribution in [0.1, 0.15) is 29.8 Å². The number of fused-ring (bicyclic) bond motifs is 1. The number of hydrogen-bond acceptors (Lipinski definition) is 9.